The molecule has 0 bridgehead atoms. The Morgan fingerprint density at radius 2 is 1.93 bits per heavy atom. The summed E-state index contributed by atoms with van der Waals surface area (Å²) < 4.78 is 24.0. The first kappa shape index (κ1) is 30.3. The van der Waals surface area contributed by atoms with E-state index in [0.717, 1.165) is 53.3 Å². The topological polar surface area (TPSA) is 124 Å². The Kier molecular flexibility index (Phi) is 7.75. The summed E-state index contributed by atoms with van der Waals surface area (Å²) in [5, 5.41) is 12.7. The van der Waals surface area contributed by atoms with Crippen molar-refractivity contribution in [3.05, 3.63) is 70.1 Å². The molecule has 4 aliphatic rings. The van der Waals surface area contributed by atoms with E-state index in [-0.39, 0.29) is 36.1 Å². The van der Waals surface area contributed by atoms with E-state index < -0.39 is 23.6 Å². The van der Waals surface area contributed by atoms with E-state index >= 15 is 0 Å². The summed E-state index contributed by atoms with van der Waals surface area (Å²) >= 11 is 0. The van der Waals surface area contributed by atoms with Crippen molar-refractivity contribution in [2.24, 2.45) is 5.92 Å². The van der Waals surface area contributed by atoms with Gasteiger partial charge in [-0.05, 0) is 74.6 Å². The normalized spacial score (nSPS) is 24.2. The first-order valence-corrected chi connectivity index (χ1v) is 16.2. The average molecular weight is 626 g/mol. The number of esters is 1. The number of H-pyrrole nitrogens is 1. The van der Waals surface area contributed by atoms with Gasteiger partial charge in [-0.1, -0.05) is 24.5 Å². The number of Topliss-reactive ketones (excluding diaryl/α,β-unsaturated/α-hetero) is 1. The van der Waals surface area contributed by atoms with E-state index in [1.165, 1.54) is 0 Å². The summed E-state index contributed by atoms with van der Waals surface area (Å²) in [4.78, 5) is 42.7. The maximum atomic E-state index is 13.4. The van der Waals surface area contributed by atoms with E-state index in [2.05, 4.69) is 4.98 Å². The third-order valence-electron chi connectivity index (χ3n) is 10.4. The second kappa shape index (κ2) is 11.8. The first-order chi connectivity index (χ1) is 22.2. The monoisotopic (exact) mass is 625 g/mol. The number of nitrogens with one attached hydrogen (secondary N) is 1. The second-order valence-corrected chi connectivity index (χ2v) is 13.0. The van der Waals surface area contributed by atoms with Crippen LogP contribution >= 0.6 is 0 Å². The lowest BCUT2D eigenvalue weighted by Crippen LogP contribution is -2.47. The second-order valence-electron chi connectivity index (χ2n) is 13.0. The van der Waals surface area contributed by atoms with Crippen LogP contribution in [-0.4, -0.2) is 53.6 Å². The highest BCUT2D eigenvalue weighted by molar-refractivity contribution is 6.10. The molecule has 240 valence electrons. The average Bonchev–Trinajstić information content (AvgIpc) is 3.84. The van der Waals surface area contributed by atoms with Gasteiger partial charge in [0, 0.05) is 47.7 Å². The van der Waals surface area contributed by atoms with Crippen LogP contribution in [0.1, 0.15) is 81.4 Å². The number of fused-ring (bicyclic) bond motifs is 3. The molecule has 2 aliphatic carbocycles. The Morgan fingerprint density at radius 1 is 1.13 bits per heavy atom. The number of carbonyl (C=O) groups excluding carboxylic acids is 3. The van der Waals surface area contributed by atoms with Crippen molar-refractivity contribution in [3.8, 4) is 17.2 Å². The van der Waals surface area contributed by atoms with Gasteiger partial charge in [0.05, 0.1) is 24.9 Å². The maximum Gasteiger partial charge on any atom is 0.375 e. The number of benzene rings is 2. The van der Waals surface area contributed by atoms with Gasteiger partial charge in [-0.3, -0.25) is 9.59 Å². The Balaban J connectivity index is 1.37. The van der Waals surface area contributed by atoms with Crippen molar-refractivity contribution in [1.82, 2.24) is 4.98 Å². The molecular formula is C37H39NO8. The molecule has 0 amide bonds. The maximum absolute atomic E-state index is 13.4. The summed E-state index contributed by atoms with van der Waals surface area (Å²) in [6.45, 7) is 3.64. The molecule has 2 aromatic carbocycles. The Hall–Kier alpha value is -4.37. The highest BCUT2D eigenvalue weighted by atomic mass is 16.6. The van der Waals surface area contributed by atoms with Crippen LogP contribution in [0.5, 0.6) is 17.2 Å². The molecular weight excluding hydrogens is 586 g/mol. The number of ether oxygens (including phenoxy) is 4. The van der Waals surface area contributed by atoms with E-state index in [1.807, 2.05) is 37.4 Å². The van der Waals surface area contributed by atoms with Gasteiger partial charge in [-0.2, -0.15) is 0 Å². The summed E-state index contributed by atoms with van der Waals surface area (Å²) in [6.07, 6.45) is 7.55. The fourth-order valence-corrected chi connectivity index (χ4v) is 7.94. The number of rotatable bonds is 7. The SMILES string of the molecule is CCOC(=O)C1=C(C=O)/C(=C2\CCC(=O)[C@H](c3ccc4[nH]ccc4c3)C2)c2c(cc3c(c2OC)C[C@@H]([C@@](C)(O)C2CCCC2)O3)O1. The van der Waals surface area contributed by atoms with E-state index in [0.29, 0.717) is 53.9 Å². The number of hydrogen-bond donors (Lipinski definition) is 2. The molecule has 3 aromatic rings. The predicted octanol–water partition coefficient (Wildman–Crippen LogP) is 6.12. The van der Waals surface area contributed by atoms with Gasteiger partial charge in [0.25, 0.3) is 0 Å². The molecule has 2 aliphatic heterocycles. The van der Waals surface area contributed by atoms with Gasteiger partial charge in [0.15, 0.2) is 6.29 Å². The highest BCUT2D eigenvalue weighted by Crippen LogP contribution is 2.54. The first-order valence-electron chi connectivity index (χ1n) is 16.2. The predicted molar refractivity (Wildman–Crippen MR) is 171 cm³/mol. The number of aldehydes is 1. The van der Waals surface area contributed by atoms with Crippen LogP contribution in [0.4, 0.5) is 0 Å². The van der Waals surface area contributed by atoms with Gasteiger partial charge in [0.2, 0.25) is 5.76 Å². The van der Waals surface area contributed by atoms with Crippen LogP contribution in [0.2, 0.25) is 0 Å². The van der Waals surface area contributed by atoms with Crippen molar-refractivity contribution in [2.45, 2.75) is 82.8 Å². The Labute approximate surface area is 267 Å². The Bertz CT molecular complexity index is 1800. The van der Waals surface area contributed by atoms with Gasteiger partial charge in [0.1, 0.15) is 34.7 Å². The Morgan fingerprint density at radius 3 is 2.67 bits per heavy atom. The summed E-state index contributed by atoms with van der Waals surface area (Å²) in [5.41, 5.74) is 3.62. The molecule has 3 heterocycles. The summed E-state index contributed by atoms with van der Waals surface area (Å²) in [5.74, 6) is 0.162. The fraction of sp³-hybridized carbons (Fsp3) is 0.432. The minimum atomic E-state index is -1.05. The van der Waals surface area contributed by atoms with Crippen molar-refractivity contribution >= 4 is 34.5 Å². The van der Waals surface area contributed by atoms with Gasteiger partial charge in [-0.15, -0.1) is 0 Å². The lowest BCUT2D eigenvalue weighted by molar-refractivity contribution is -0.141. The molecule has 2 N–H and O–H groups in total. The van der Waals surface area contributed by atoms with Crippen LogP contribution in [0.25, 0.3) is 16.5 Å². The number of allylic oxidation sites excluding steroid dienone is 3. The smallest absolute Gasteiger partial charge is 0.375 e. The van der Waals surface area contributed by atoms with E-state index in [1.54, 1.807) is 20.1 Å². The zero-order chi connectivity index (χ0) is 32.2. The van der Waals surface area contributed by atoms with E-state index in [4.69, 9.17) is 18.9 Å². The van der Waals surface area contributed by atoms with E-state index in [9.17, 15) is 19.5 Å². The van der Waals surface area contributed by atoms with Crippen LogP contribution in [0, 0.1) is 5.92 Å². The highest BCUT2D eigenvalue weighted by Gasteiger charge is 2.47. The fourth-order valence-electron chi connectivity index (χ4n) is 7.94. The number of hydrogen-bond acceptors (Lipinski definition) is 8. The third-order valence-corrected chi connectivity index (χ3v) is 10.4. The molecule has 0 saturated heterocycles. The summed E-state index contributed by atoms with van der Waals surface area (Å²) in [6, 6.07) is 9.67. The van der Waals surface area contributed by atoms with Crippen LogP contribution < -0.4 is 14.2 Å². The molecule has 46 heavy (non-hydrogen) atoms. The third kappa shape index (κ3) is 4.92. The largest absolute Gasteiger partial charge is 0.496 e. The van der Waals surface area contributed by atoms with Crippen LogP contribution in [0.3, 0.4) is 0 Å². The number of aromatic nitrogens is 1. The molecule has 2 fully saturated rings. The quantitative estimate of drug-likeness (QED) is 0.238. The lowest BCUT2D eigenvalue weighted by atomic mass is 9.75. The summed E-state index contributed by atoms with van der Waals surface area (Å²) in [7, 11) is 1.56. The number of carbonyl (C=O) groups is 3. The molecule has 0 radical (unpaired) electrons. The number of aromatic amines is 1. The van der Waals surface area contributed by atoms with Crippen LogP contribution in [0.15, 0.2) is 53.4 Å². The number of methoxy groups -OCH3 is 1. The van der Waals surface area contributed by atoms with Crippen molar-refractivity contribution in [1.29, 1.82) is 0 Å². The van der Waals surface area contributed by atoms with Crippen molar-refractivity contribution in [2.75, 3.05) is 13.7 Å². The minimum absolute atomic E-state index is 0.0711. The molecule has 7 rings (SSSR count). The zero-order valence-electron chi connectivity index (χ0n) is 26.4. The molecule has 0 unspecified atom stereocenters. The number of ketones is 1. The van der Waals surface area contributed by atoms with Gasteiger partial charge in [-0.25, -0.2) is 4.79 Å². The van der Waals surface area contributed by atoms with Crippen molar-refractivity contribution in [3.63, 3.8) is 0 Å². The zero-order valence-corrected chi connectivity index (χ0v) is 26.4. The number of aliphatic hydroxyl groups is 1. The van der Waals surface area contributed by atoms with Crippen molar-refractivity contribution < 1.29 is 38.4 Å². The molecule has 9 heteroatoms. The molecule has 1 aromatic heterocycles. The van der Waals surface area contributed by atoms with Gasteiger partial charge < -0.3 is 29.0 Å². The minimum Gasteiger partial charge on any atom is -0.496 e. The molecule has 3 atom stereocenters. The van der Waals surface area contributed by atoms with Gasteiger partial charge >= 0.3 is 5.97 Å². The molecule has 0 spiro atoms. The lowest BCUT2D eigenvalue weighted by Gasteiger charge is -2.35. The molecule has 9 nitrogen and oxygen atoms in total. The standard InChI is InChI=1S/C37H39NO8/c1-4-44-36(41)35-26(19-39)32(22-10-12-28(40)24(16-22)20-9-11-27-21(15-20)13-14-38-27)33-30(46-35)18-29-25(34(33)43-3)17-31(45-29)37(2,42)23-7-5-6-8-23/h9,11,13-15,18-19,23-24,31,38,42H,4-8,10,12,16-17H2,1-3H3/b32-22-/t24-,31-,37-/m0/s1. The van der Waals surface area contributed by atoms with Crippen LogP contribution in [-0.2, 0) is 25.5 Å². The molecule has 2 saturated carbocycles.